The van der Waals surface area contributed by atoms with E-state index in [0.717, 1.165) is 58.7 Å². The first kappa shape index (κ1) is 18.3. The molecule has 1 saturated carbocycles. The average Bonchev–Trinajstić information content (AvgIpc) is 3.59. The molecule has 0 spiro atoms. The van der Waals surface area contributed by atoms with Gasteiger partial charge < -0.3 is 4.90 Å². The zero-order valence-corrected chi connectivity index (χ0v) is 17.1. The summed E-state index contributed by atoms with van der Waals surface area (Å²) in [7, 11) is 0. The molecule has 1 fully saturated rings. The maximum absolute atomic E-state index is 13.1. The molecule has 2 aromatic carbocycles. The number of carbonyl (C=O) groups is 1. The maximum atomic E-state index is 13.1. The maximum Gasteiger partial charge on any atom is 0.254 e. The van der Waals surface area contributed by atoms with Crippen molar-refractivity contribution in [3.63, 3.8) is 0 Å². The number of aryl methyl sites for hydroxylation is 1. The van der Waals surface area contributed by atoms with E-state index < -0.39 is 0 Å². The zero-order chi connectivity index (χ0) is 20.0. The molecule has 146 valence electrons. The molecule has 3 aromatic rings. The quantitative estimate of drug-likeness (QED) is 0.605. The van der Waals surface area contributed by atoms with Crippen molar-refractivity contribution in [3.8, 4) is 11.3 Å². The molecule has 0 bridgehead atoms. The Labute approximate surface area is 175 Å². The molecule has 29 heavy (non-hydrogen) atoms. The summed E-state index contributed by atoms with van der Waals surface area (Å²) >= 11 is 6.09. The number of hydrogen-bond donors (Lipinski definition) is 0. The molecular formula is C24H22ClN3O. The van der Waals surface area contributed by atoms with Gasteiger partial charge in [0.2, 0.25) is 0 Å². The summed E-state index contributed by atoms with van der Waals surface area (Å²) in [5.74, 6) is 1.49. The standard InChI is InChI=1S/C24H22ClN3O/c1-15-2-4-18(5-3-15)24(29)28-13-12-21-20(14-28)22(16-8-10-19(25)11-9-16)27-23(26-21)17-6-7-17/h2-5,8-11,17H,6-7,12-14H2,1H3. The molecule has 0 N–H and O–H groups in total. The van der Waals surface area contributed by atoms with Crippen LogP contribution in [0.15, 0.2) is 48.5 Å². The number of benzene rings is 2. The Balaban J connectivity index is 1.52. The molecule has 0 radical (unpaired) electrons. The normalized spacial score (nSPS) is 15.9. The summed E-state index contributed by atoms with van der Waals surface area (Å²) in [4.78, 5) is 24.8. The third kappa shape index (κ3) is 3.65. The second kappa shape index (κ2) is 7.27. The number of nitrogens with zero attached hydrogens (tertiary/aromatic N) is 3. The number of halogens is 1. The van der Waals surface area contributed by atoms with Crippen LogP contribution in [0.4, 0.5) is 0 Å². The number of hydrogen-bond acceptors (Lipinski definition) is 3. The van der Waals surface area contributed by atoms with Gasteiger partial charge in [-0.1, -0.05) is 41.4 Å². The molecule has 5 rings (SSSR count). The molecule has 1 aromatic heterocycles. The number of aromatic nitrogens is 2. The monoisotopic (exact) mass is 403 g/mol. The summed E-state index contributed by atoms with van der Waals surface area (Å²) in [6.45, 7) is 3.24. The van der Waals surface area contributed by atoms with Crippen LogP contribution in [0.2, 0.25) is 5.02 Å². The zero-order valence-electron chi connectivity index (χ0n) is 16.4. The third-order valence-corrected chi connectivity index (χ3v) is 5.98. The number of rotatable bonds is 3. The molecule has 4 nitrogen and oxygen atoms in total. The predicted molar refractivity (Wildman–Crippen MR) is 114 cm³/mol. The fraction of sp³-hybridized carbons (Fsp3) is 0.292. The first-order valence-electron chi connectivity index (χ1n) is 10.1. The van der Waals surface area contributed by atoms with Crippen molar-refractivity contribution < 1.29 is 4.79 Å². The summed E-state index contributed by atoms with van der Waals surface area (Å²) in [5.41, 5.74) is 5.98. The van der Waals surface area contributed by atoms with Crippen molar-refractivity contribution >= 4 is 17.5 Å². The van der Waals surface area contributed by atoms with E-state index in [0.29, 0.717) is 24.0 Å². The Kier molecular flexibility index (Phi) is 4.59. The van der Waals surface area contributed by atoms with Crippen LogP contribution in [-0.2, 0) is 13.0 Å². The first-order valence-corrected chi connectivity index (χ1v) is 10.5. The van der Waals surface area contributed by atoms with Crippen LogP contribution in [0.25, 0.3) is 11.3 Å². The van der Waals surface area contributed by atoms with Crippen LogP contribution < -0.4 is 0 Å². The Hall–Kier alpha value is -2.72. The minimum absolute atomic E-state index is 0.0592. The minimum atomic E-state index is 0.0592. The van der Waals surface area contributed by atoms with E-state index in [9.17, 15) is 4.79 Å². The predicted octanol–water partition coefficient (Wildman–Crippen LogP) is 5.18. The Bertz CT molecular complexity index is 1070. The van der Waals surface area contributed by atoms with E-state index in [1.165, 1.54) is 0 Å². The van der Waals surface area contributed by atoms with E-state index in [4.69, 9.17) is 21.6 Å². The summed E-state index contributed by atoms with van der Waals surface area (Å²) in [6, 6.07) is 15.6. The van der Waals surface area contributed by atoms with Gasteiger partial charge in [0.05, 0.1) is 11.4 Å². The average molecular weight is 404 g/mol. The van der Waals surface area contributed by atoms with E-state index in [1.54, 1.807) is 0 Å². The van der Waals surface area contributed by atoms with Crippen molar-refractivity contribution in [3.05, 3.63) is 81.8 Å². The lowest BCUT2D eigenvalue weighted by molar-refractivity contribution is 0.0733. The number of amides is 1. The lowest BCUT2D eigenvalue weighted by Gasteiger charge is -2.30. The number of carbonyl (C=O) groups excluding carboxylic acids is 1. The van der Waals surface area contributed by atoms with Gasteiger partial charge in [0, 0.05) is 47.1 Å². The van der Waals surface area contributed by atoms with E-state index in [-0.39, 0.29) is 5.91 Å². The van der Waals surface area contributed by atoms with Crippen LogP contribution >= 0.6 is 11.6 Å². The van der Waals surface area contributed by atoms with Gasteiger partial charge in [-0.25, -0.2) is 9.97 Å². The Morgan fingerprint density at radius 1 is 1.03 bits per heavy atom. The first-order chi connectivity index (χ1) is 14.1. The Morgan fingerprint density at radius 2 is 1.76 bits per heavy atom. The minimum Gasteiger partial charge on any atom is -0.334 e. The molecule has 0 saturated heterocycles. The highest BCUT2D eigenvalue weighted by Crippen LogP contribution is 2.40. The summed E-state index contributed by atoms with van der Waals surface area (Å²) in [5, 5.41) is 0.704. The van der Waals surface area contributed by atoms with Crippen LogP contribution in [0.1, 0.15) is 51.8 Å². The van der Waals surface area contributed by atoms with E-state index in [1.807, 2.05) is 60.4 Å². The van der Waals surface area contributed by atoms with Crippen LogP contribution in [0.3, 0.4) is 0 Å². The van der Waals surface area contributed by atoms with Gasteiger partial charge in [-0.3, -0.25) is 4.79 Å². The largest absolute Gasteiger partial charge is 0.334 e. The number of fused-ring (bicyclic) bond motifs is 1. The smallest absolute Gasteiger partial charge is 0.254 e. The van der Waals surface area contributed by atoms with Gasteiger partial charge in [0.15, 0.2) is 0 Å². The Morgan fingerprint density at radius 3 is 2.45 bits per heavy atom. The lowest BCUT2D eigenvalue weighted by Crippen LogP contribution is -2.37. The molecule has 2 aliphatic rings. The van der Waals surface area contributed by atoms with Crippen molar-refractivity contribution in [2.75, 3.05) is 6.54 Å². The van der Waals surface area contributed by atoms with Crippen LogP contribution in [0.5, 0.6) is 0 Å². The molecule has 0 unspecified atom stereocenters. The van der Waals surface area contributed by atoms with Gasteiger partial charge in [-0.05, 0) is 44.0 Å². The lowest BCUT2D eigenvalue weighted by atomic mass is 9.98. The van der Waals surface area contributed by atoms with Crippen LogP contribution in [-0.4, -0.2) is 27.3 Å². The van der Waals surface area contributed by atoms with Crippen molar-refractivity contribution in [1.82, 2.24) is 14.9 Å². The molecule has 1 amide bonds. The van der Waals surface area contributed by atoms with Gasteiger partial charge in [0.25, 0.3) is 5.91 Å². The molecule has 1 aliphatic heterocycles. The van der Waals surface area contributed by atoms with Crippen molar-refractivity contribution in [1.29, 1.82) is 0 Å². The van der Waals surface area contributed by atoms with E-state index in [2.05, 4.69) is 0 Å². The highest BCUT2D eigenvalue weighted by molar-refractivity contribution is 6.30. The molecule has 5 heteroatoms. The molecule has 1 aliphatic carbocycles. The second-order valence-electron chi connectivity index (χ2n) is 7.98. The highest BCUT2D eigenvalue weighted by atomic mass is 35.5. The third-order valence-electron chi connectivity index (χ3n) is 5.72. The van der Waals surface area contributed by atoms with E-state index >= 15 is 0 Å². The fourth-order valence-corrected chi connectivity index (χ4v) is 3.98. The van der Waals surface area contributed by atoms with Gasteiger partial charge in [-0.15, -0.1) is 0 Å². The summed E-state index contributed by atoms with van der Waals surface area (Å²) in [6.07, 6.45) is 3.09. The molecule has 2 heterocycles. The van der Waals surface area contributed by atoms with Gasteiger partial charge in [0.1, 0.15) is 5.82 Å². The van der Waals surface area contributed by atoms with Crippen LogP contribution in [0, 0.1) is 6.92 Å². The fourth-order valence-electron chi connectivity index (χ4n) is 3.86. The van der Waals surface area contributed by atoms with Crippen molar-refractivity contribution in [2.45, 2.75) is 38.6 Å². The van der Waals surface area contributed by atoms with Crippen molar-refractivity contribution in [2.24, 2.45) is 0 Å². The summed E-state index contributed by atoms with van der Waals surface area (Å²) < 4.78 is 0. The molecule has 0 atom stereocenters. The highest BCUT2D eigenvalue weighted by Gasteiger charge is 2.31. The topological polar surface area (TPSA) is 46.1 Å². The second-order valence-corrected chi connectivity index (χ2v) is 8.42. The SMILES string of the molecule is Cc1ccc(C(=O)N2CCc3nc(C4CC4)nc(-c4ccc(Cl)cc4)c3C2)cc1. The molecular weight excluding hydrogens is 382 g/mol. The van der Waals surface area contributed by atoms with Gasteiger partial charge in [-0.2, -0.15) is 0 Å². The van der Waals surface area contributed by atoms with Gasteiger partial charge >= 0.3 is 0 Å².